The number of amides is 3. The minimum Gasteiger partial charge on any atom is -0.308 e. The topological polar surface area (TPSA) is 119 Å². The maximum absolute atomic E-state index is 12.0. The number of hydroxylamine groups is 1. The fraction of sp³-hybridized carbons (Fsp3) is 0. The molecule has 2 aromatic carbocycles. The molecule has 0 atom stereocenters. The lowest BCUT2D eigenvalue weighted by molar-refractivity contribution is 0.0706. The molecular weight excluding hydrogens is 298 g/mol. The molecule has 0 saturated carbocycles. The molecular formula is C15H13N5O3. The summed E-state index contributed by atoms with van der Waals surface area (Å²) >= 11 is 0. The van der Waals surface area contributed by atoms with Gasteiger partial charge in [0.1, 0.15) is 0 Å². The van der Waals surface area contributed by atoms with Gasteiger partial charge in [0.15, 0.2) is 0 Å². The first-order valence-electron chi connectivity index (χ1n) is 6.71. The summed E-state index contributed by atoms with van der Waals surface area (Å²) < 4.78 is 0. The summed E-state index contributed by atoms with van der Waals surface area (Å²) in [5, 5.41) is 21.5. The molecule has 0 aliphatic heterocycles. The van der Waals surface area contributed by atoms with Crippen LogP contribution in [-0.2, 0) is 0 Å². The summed E-state index contributed by atoms with van der Waals surface area (Å²) in [6.07, 6.45) is 1.66. The maximum atomic E-state index is 12.0. The van der Waals surface area contributed by atoms with Crippen LogP contribution in [0, 0.1) is 0 Å². The SMILES string of the molecule is O=C(Nc1cccc(C(=O)NO)c1)Nc1ccc2[nH]ncc2c1. The summed E-state index contributed by atoms with van der Waals surface area (Å²) in [5.74, 6) is -0.653. The molecule has 3 amide bonds. The molecule has 23 heavy (non-hydrogen) atoms. The molecule has 5 N–H and O–H groups in total. The fourth-order valence-electron chi connectivity index (χ4n) is 2.12. The minimum absolute atomic E-state index is 0.227. The number of rotatable bonds is 3. The van der Waals surface area contributed by atoms with E-state index in [0.29, 0.717) is 11.4 Å². The number of aromatic nitrogens is 2. The van der Waals surface area contributed by atoms with E-state index in [2.05, 4.69) is 20.8 Å². The highest BCUT2D eigenvalue weighted by atomic mass is 16.5. The molecule has 1 heterocycles. The maximum Gasteiger partial charge on any atom is 0.323 e. The highest BCUT2D eigenvalue weighted by Gasteiger charge is 2.07. The number of nitrogens with one attached hydrogen (secondary N) is 4. The van der Waals surface area contributed by atoms with Gasteiger partial charge in [0.05, 0.1) is 11.7 Å². The van der Waals surface area contributed by atoms with Gasteiger partial charge in [-0.1, -0.05) is 6.07 Å². The lowest BCUT2D eigenvalue weighted by atomic mass is 10.2. The van der Waals surface area contributed by atoms with Crippen LogP contribution in [0.4, 0.5) is 16.2 Å². The average molecular weight is 311 g/mol. The van der Waals surface area contributed by atoms with Crippen molar-refractivity contribution < 1.29 is 14.8 Å². The molecule has 0 bridgehead atoms. The van der Waals surface area contributed by atoms with Crippen molar-refractivity contribution in [2.75, 3.05) is 10.6 Å². The van der Waals surface area contributed by atoms with Crippen molar-refractivity contribution >= 4 is 34.2 Å². The Balaban J connectivity index is 1.70. The van der Waals surface area contributed by atoms with Gasteiger partial charge in [-0.25, -0.2) is 10.3 Å². The van der Waals surface area contributed by atoms with Gasteiger partial charge >= 0.3 is 6.03 Å². The number of aromatic amines is 1. The highest BCUT2D eigenvalue weighted by Crippen LogP contribution is 2.17. The Hall–Kier alpha value is -3.39. The molecule has 116 valence electrons. The number of benzene rings is 2. The largest absolute Gasteiger partial charge is 0.323 e. The van der Waals surface area contributed by atoms with Crippen LogP contribution in [0.2, 0.25) is 0 Å². The van der Waals surface area contributed by atoms with Crippen LogP contribution in [0.5, 0.6) is 0 Å². The van der Waals surface area contributed by atoms with Gasteiger partial charge in [-0.3, -0.25) is 15.1 Å². The lowest BCUT2D eigenvalue weighted by Gasteiger charge is -2.08. The average Bonchev–Trinajstić information content (AvgIpc) is 3.02. The number of carbonyl (C=O) groups is 2. The van der Waals surface area contributed by atoms with E-state index >= 15 is 0 Å². The summed E-state index contributed by atoms with van der Waals surface area (Å²) in [6, 6.07) is 11.1. The molecule has 3 rings (SSSR count). The van der Waals surface area contributed by atoms with Gasteiger partial charge in [0.2, 0.25) is 0 Å². The molecule has 0 saturated heterocycles. The molecule has 0 aliphatic rings. The Kier molecular flexibility index (Phi) is 3.89. The van der Waals surface area contributed by atoms with Crippen molar-refractivity contribution in [2.24, 2.45) is 0 Å². The zero-order valence-electron chi connectivity index (χ0n) is 11.8. The normalized spacial score (nSPS) is 10.3. The van der Waals surface area contributed by atoms with E-state index in [1.54, 1.807) is 30.5 Å². The summed E-state index contributed by atoms with van der Waals surface area (Å²) in [4.78, 5) is 23.4. The summed E-state index contributed by atoms with van der Waals surface area (Å²) in [7, 11) is 0. The molecule has 8 nitrogen and oxygen atoms in total. The molecule has 0 aliphatic carbocycles. The van der Waals surface area contributed by atoms with Crippen LogP contribution in [0.3, 0.4) is 0 Å². The monoisotopic (exact) mass is 311 g/mol. The van der Waals surface area contributed by atoms with Crippen molar-refractivity contribution in [3.63, 3.8) is 0 Å². The molecule has 1 aromatic heterocycles. The standard InChI is InChI=1S/C15H13N5O3/c21-14(20-23)9-2-1-3-11(6-9)17-15(22)18-12-4-5-13-10(7-12)8-16-19-13/h1-8,23H,(H,16,19)(H,20,21)(H2,17,18,22). The van der Waals surface area contributed by atoms with Crippen LogP contribution in [0.1, 0.15) is 10.4 Å². The third-order valence-electron chi connectivity index (χ3n) is 3.18. The van der Waals surface area contributed by atoms with Gasteiger partial charge in [-0.2, -0.15) is 5.10 Å². The second kappa shape index (κ2) is 6.16. The van der Waals surface area contributed by atoms with Crippen molar-refractivity contribution in [1.82, 2.24) is 15.7 Å². The molecule has 0 fully saturated rings. The van der Waals surface area contributed by atoms with E-state index in [4.69, 9.17) is 5.21 Å². The van der Waals surface area contributed by atoms with Crippen LogP contribution in [0.25, 0.3) is 10.9 Å². The van der Waals surface area contributed by atoms with E-state index in [1.807, 2.05) is 6.07 Å². The van der Waals surface area contributed by atoms with Crippen molar-refractivity contribution in [2.45, 2.75) is 0 Å². The third-order valence-corrected chi connectivity index (χ3v) is 3.18. The predicted octanol–water partition coefficient (Wildman–Crippen LogP) is 2.33. The van der Waals surface area contributed by atoms with Crippen LogP contribution in [-0.4, -0.2) is 27.3 Å². The molecule has 0 unspecified atom stereocenters. The fourth-order valence-corrected chi connectivity index (χ4v) is 2.12. The van der Waals surface area contributed by atoms with E-state index < -0.39 is 11.9 Å². The van der Waals surface area contributed by atoms with E-state index in [1.165, 1.54) is 17.6 Å². The Morgan fingerprint density at radius 1 is 1.04 bits per heavy atom. The zero-order chi connectivity index (χ0) is 16.2. The Labute approximate surface area is 130 Å². The Morgan fingerprint density at radius 3 is 2.61 bits per heavy atom. The second-order valence-electron chi connectivity index (χ2n) is 4.77. The highest BCUT2D eigenvalue weighted by molar-refractivity contribution is 6.02. The number of nitrogens with zero attached hydrogens (tertiary/aromatic N) is 1. The summed E-state index contributed by atoms with van der Waals surface area (Å²) in [6.45, 7) is 0. The zero-order valence-corrected chi connectivity index (χ0v) is 11.8. The van der Waals surface area contributed by atoms with Gasteiger partial charge < -0.3 is 10.6 Å². The van der Waals surface area contributed by atoms with Gasteiger partial charge in [0, 0.05) is 22.3 Å². The lowest BCUT2D eigenvalue weighted by Crippen LogP contribution is -2.21. The van der Waals surface area contributed by atoms with E-state index in [9.17, 15) is 9.59 Å². The van der Waals surface area contributed by atoms with Gasteiger partial charge in [-0.15, -0.1) is 0 Å². The second-order valence-corrected chi connectivity index (χ2v) is 4.77. The smallest absolute Gasteiger partial charge is 0.308 e. The van der Waals surface area contributed by atoms with Crippen LogP contribution < -0.4 is 16.1 Å². The van der Waals surface area contributed by atoms with Crippen LogP contribution >= 0.6 is 0 Å². The predicted molar refractivity (Wildman–Crippen MR) is 84.4 cm³/mol. The quantitative estimate of drug-likeness (QED) is 0.376. The number of anilines is 2. The van der Waals surface area contributed by atoms with Crippen molar-refractivity contribution in [1.29, 1.82) is 0 Å². The van der Waals surface area contributed by atoms with Gasteiger partial charge in [-0.05, 0) is 36.4 Å². The first-order chi connectivity index (χ1) is 11.2. The number of hydrogen-bond donors (Lipinski definition) is 5. The first kappa shape index (κ1) is 14.5. The Morgan fingerprint density at radius 2 is 1.83 bits per heavy atom. The van der Waals surface area contributed by atoms with Gasteiger partial charge in [0.25, 0.3) is 5.91 Å². The number of fused-ring (bicyclic) bond motifs is 1. The minimum atomic E-state index is -0.653. The number of carbonyl (C=O) groups excluding carboxylic acids is 2. The first-order valence-corrected chi connectivity index (χ1v) is 6.71. The summed E-state index contributed by atoms with van der Waals surface area (Å²) in [5.41, 5.74) is 3.68. The van der Waals surface area contributed by atoms with Crippen molar-refractivity contribution in [3.05, 3.63) is 54.2 Å². The molecule has 8 heteroatoms. The molecule has 0 spiro atoms. The van der Waals surface area contributed by atoms with E-state index in [-0.39, 0.29) is 5.56 Å². The van der Waals surface area contributed by atoms with E-state index in [0.717, 1.165) is 10.9 Å². The molecule has 3 aromatic rings. The van der Waals surface area contributed by atoms with Crippen LogP contribution in [0.15, 0.2) is 48.7 Å². The number of urea groups is 1. The number of H-pyrrole nitrogens is 1. The van der Waals surface area contributed by atoms with Crippen molar-refractivity contribution in [3.8, 4) is 0 Å². The number of hydrogen-bond acceptors (Lipinski definition) is 4. The Bertz CT molecular complexity index is 874. The molecule has 0 radical (unpaired) electrons. The third kappa shape index (κ3) is 3.27.